The number of rotatable bonds is 7. The van der Waals surface area contributed by atoms with Crippen molar-refractivity contribution in [2.45, 2.75) is 44.8 Å². The molecule has 0 bridgehead atoms. The molecule has 2 aliphatic rings. The molecule has 160 valence electrons. The number of hydrogen-bond acceptors (Lipinski definition) is 5. The zero-order chi connectivity index (χ0) is 19.1. The summed E-state index contributed by atoms with van der Waals surface area (Å²) < 4.78 is 5.56. The summed E-state index contributed by atoms with van der Waals surface area (Å²) in [4.78, 5) is 11.0. The van der Waals surface area contributed by atoms with E-state index in [2.05, 4.69) is 56.8 Å². The van der Waals surface area contributed by atoms with E-state index >= 15 is 0 Å². The van der Waals surface area contributed by atoms with Crippen LogP contribution in [0.4, 0.5) is 0 Å². The third kappa shape index (κ3) is 6.55. The van der Waals surface area contributed by atoms with Crippen LogP contribution in [-0.4, -0.2) is 80.8 Å². The third-order valence-corrected chi connectivity index (χ3v) is 6.66. The molecule has 0 spiro atoms. The van der Waals surface area contributed by atoms with Gasteiger partial charge in [0.05, 0.1) is 19.3 Å². The maximum absolute atomic E-state index is 5.56. The molecule has 6 nitrogen and oxygen atoms in total. The highest BCUT2D eigenvalue weighted by Gasteiger charge is 2.25. The van der Waals surface area contributed by atoms with Crippen LogP contribution in [0, 0.1) is 0 Å². The number of ether oxygens (including phenoxy) is 1. The molecule has 0 aromatic carbocycles. The Morgan fingerprint density at radius 2 is 2.04 bits per heavy atom. The van der Waals surface area contributed by atoms with Gasteiger partial charge in [-0.1, -0.05) is 6.07 Å². The highest BCUT2D eigenvalue weighted by molar-refractivity contribution is 14.0. The van der Waals surface area contributed by atoms with E-state index in [1.54, 1.807) is 0 Å². The first-order valence-corrected chi connectivity index (χ1v) is 11.1. The van der Waals surface area contributed by atoms with Crippen molar-refractivity contribution in [1.29, 1.82) is 0 Å². The summed E-state index contributed by atoms with van der Waals surface area (Å²) in [5.74, 6) is 0.892. The summed E-state index contributed by atoms with van der Waals surface area (Å²) in [5.41, 5.74) is 0. The molecule has 1 aromatic rings. The van der Waals surface area contributed by atoms with Crippen LogP contribution in [0.3, 0.4) is 0 Å². The lowest BCUT2D eigenvalue weighted by molar-refractivity contribution is -0.0174. The number of thiophene rings is 1. The van der Waals surface area contributed by atoms with Crippen LogP contribution in [0.2, 0.25) is 0 Å². The van der Waals surface area contributed by atoms with Crippen molar-refractivity contribution in [3.63, 3.8) is 0 Å². The highest BCUT2D eigenvalue weighted by atomic mass is 127. The van der Waals surface area contributed by atoms with Crippen molar-refractivity contribution in [3.05, 3.63) is 22.4 Å². The summed E-state index contributed by atoms with van der Waals surface area (Å²) >= 11 is 1.85. The lowest BCUT2D eigenvalue weighted by atomic mass is 10.2. The summed E-state index contributed by atoms with van der Waals surface area (Å²) in [7, 11) is 1.85. The number of nitrogens with one attached hydrogen (secondary N) is 2. The Labute approximate surface area is 191 Å². The Kier molecular flexibility index (Phi) is 10.5. The van der Waals surface area contributed by atoms with Crippen molar-refractivity contribution in [3.8, 4) is 0 Å². The van der Waals surface area contributed by atoms with Gasteiger partial charge in [0.2, 0.25) is 0 Å². The van der Waals surface area contributed by atoms with Gasteiger partial charge in [0.15, 0.2) is 5.96 Å². The van der Waals surface area contributed by atoms with E-state index in [0.29, 0.717) is 18.1 Å². The Balaban J connectivity index is 0.00000280. The Morgan fingerprint density at radius 1 is 1.29 bits per heavy atom. The van der Waals surface area contributed by atoms with Crippen molar-refractivity contribution in [2.75, 3.05) is 53.0 Å². The van der Waals surface area contributed by atoms with Gasteiger partial charge in [-0.05, 0) is 51.2 Å². The predicted molar refractivity (Wildman–Crippen MR) is 129 cm³/mol. The van der Waals surface area contributed by atoms with Gasteiger partial charge in [0.25, 0.3) is 0 Å². The average molecular weight is 522 g/mol. The molecule has 2 fully saturated rings. The van der Waals surface area contributed by atoms with Crippen molar-refractivity contribution >= 4 is 41.3 Å². The summed E-state index contributed by atoms with van der Waals surface area (Å²) in [6, 6.07) is 5.77. The summed E-state index contributed by atoms with van der Waals surface area (Å²) in [6.07, 6.45) is 2.62. The molecule has 28 heavy (non-hydrogen) atoms. The molecule has 3 unspecified atom stereocenters. The molecule has 0 saturated carbocycles. The smallest absolute Gasteiger partial charge is 0.191 e. The standard InChI is InChI=1S/C20H35N5OS.HI/c1-16(25-10-11-26-15-17(25)2)13-22-20(21-3)23-14-18(19-7-6-12-27-19)24-8-4-5-9-24;/h6-7,12,16-18H,4-5,8-11,13-15H2,1-3H3,(H2,21,22,23);1H. The second-order valence-electron chi connectivity index (χ2n) is 7.62. The zero-order valence-electron chi connectivity index (χ0n) is 17.4. The zero-order valence-corrected chi connectivity index (χ0v) is 20.5. The fourth-order valence-electron chi connectivity index (χ4n) is 4.11. The Bertz CT molecular complexity index is 579. The molecule has 3 heterocycles. The molecular formula is C20H36IN5OS. The third-order valence-electron chi connectivity index (χ3n) is 5.69. The maximum Gasteiger partial charge on any atom is 0.191 e. The number of morpholine rings is 1. The van der Waals surface area contributed by atoms with Gasteiger partial charge in [-0.15, -0.1) is 35.3 Å². The van der Waals surface area contributed by atoms with Gasteiger partial charge in [0, 0.05) is 43.6 Å². The number of aliphatic imine (C=N–C) groups is 1. The van der Waals surface area contributed by atoms with E-state index in [9.17, 15) is 0 Å². The molecule has 3 atom stereocenters. The van der Waals surface area contributed by atoms with Crippen molar-refractivity contribution < 1.29 is 4.74 Å². The van der Waals surface area contributed by atoms with E-state index in [-0.39, 0.29) is 24.0 Å². The van der Waals surface area contributed by atoms with E-state index in [1.165, 1.54) is 30.8 Å². The van der Waals surface area contributed by atoms with Gasteiger partial charge < -0.3 is 15.4 Å². The molecule has 8 heteroatoms. The fourth-order valence-corrected chi connectivity index (χ4v) is 4.98. The van der Waals surface area contributed by atoms with Crippen LogP contribution in [0.25, 0.3) is 0 Å². The van der Waals surface area contributed by atoms with Gasteiger partial charge in [-0.2, -0.15) is 0 Å². The van der Waals surface area contributed by atoms with Crippen LogP contribution in [-0.2, 0) is 4.74 Å². The molecule has 2 aliphatic heterocycles. The molecule has 1 aromatic heterocycles. The minimum Gasteiger partial charge on any atom is -0.379 e. The quantitative estimate of drug-likeness (QED) is 0.329. The van der Waals surface area contributed by atoms with E-state index in [1.807, 2.05) is 18.4 Å². The van der Waals surface area contributed by atoms with Crippen LogP contribution in [0.1, 0.15) is 37.6 Å². The average Bonchev–Trinajstić information content (AvgIpc) is 3.39. The van der Waals surface area contributed by atoms with Crippen molar-refractivity contribution in [2.24, 2.45) is 4.99 Å². The predicted octanol–water partition coefficient (Wildman–Crippen LogP) is 2.78. The van der Waals surface area contributed by atoms with E-state index in [4.69, 9.17) is 4.74 Å². The minimum atomic E-state index is 0. The molecule has 2 saturated heterocycles. The normalized spacial score (nSPS) is 23.8. The maximum atomic E-state index is 5.56. The molecule has 0 amide bonds. The second kappa shape index (κ2) is 12.3. The molecular weight excluding hydrogens is 485 g/mol. The minimum absolute atomic E-state index is 0. The van der Waals surface area contributed by atoms with Crippen molar-refractivity contribution in [1.82, 2.24) is 20.4 Å². The number of hydrogen-bond donors (Lipinski definition) is 2. The van der Waals surface area contributed by atoms with Gasteiger partial charge in [-0.25, -0.2) is 0 Å². The topological polar surface area (TPSA) is 52.1 Å². The summed E-state index contributed by atoms with van der Waals surface area (Å²) in [6.45, 7) is 11.4. The molecule has 3 rings (SSSR count). The highest BCUT2D eigenvalue weighted by Crippen LogP contribution is 2.27. The second-order valence-corrected chi connectivity index (χ2v) is 8.60. The molecule has 0 radical (unpaired) electrons. The first-order valence-electron chi connectivity index (χ1n) is 10.2. The monoisotopic (exact) mass is 521 g/mol. The molecule has 0 aliphatic carbocycles. The Hall–Kier alpha value is -0.420. The Morgan fingerprint density at radius 3 is 2.68 bits per heavy atom. The lowest BCUT2D eigenvalue weighted by Crippen LogP contribution is -2.53. The fraction of sp³-hybridized carbons (Fsp3) is 0.750. The van der Waals surface area contributed by atoms with E-state index in [0.717, 1.165) is 38.8 Å². The number of likely N-dealkylation sites (tertiary alicyclic amines) is 1. The number of nitrogens with zero attached hydrogens (tertiary/aromatic N) is 3. The van der Waals surface area contributed by atoms with Crippen LogP contribution in [0.15, 0.2) is 22.5 Å². The first-order chi connectivity index (χ1) is 13.2. The number of guanidine groups is 1. The SMILES string of the molecule is CN=C(NCC(c1cccs1)N1CCCC1)NCC(C)N1CCOCC1C.I. The molecule has 2 N–H and O–H groups in total. The van der Waals surface area contributed by atoms with Crippen LogP contribution >= 0.6 is 35.3 Å². The van der Waals surface area contributed by atoms with Gasteiger partial charge >= 0.3 is 0 Å². The first kappa shape index (κ1) is 23.9. The van der Waals surface area contributed by atoms with Crippen LogP contribution < -0.4 is 10.6 Å². The van der Waals surface area contributed by atoms with E-state index < -0.39 is 0 Å². The lowest BCUT2D eigenvalue weighted by Gasteiger charge is -2.38. The van der Waals surface area contributed by atoms with Gasteiger partial charge in [-0.3, -0.25) is 14.8 Å². The largest absolute Gasteiger partial charge is 0.379 e. The van der Waals surface area contributed by atoms with Crippen LogP contribution in [0.5, 0.6) is 0 Å². The summed E-state index contributed by atoms with van der Waals surface area (Å²) in [5, 5.41) is 9.26. The number of halogens is 1. The van der Waals surface area contributed by atoms with Gasteiger partial charge in [0.1, 0.15) is 0 Å².